The van der Waals surface area contributed by atoms with Crippen LogP contribution in [-0.4, -0.2) is 20.9 Å². The number of nitrogens with one attached hydrogen (secondary N) is 1. The third-order valence-corrected chi connectivity index (χ3v) is 4.42. The number of aromatic nitrogens is 3. The molecule has 3 heterocycles. The summed E-state index contributed by atoms with van der Waals surface area (Å²) < 4.78 is 0. The number of amides is 1. The number of carbonyl (C=O) groups excluding carboxylic acids is 1. The van der Waals surface area contributed by atoms with Gasteiger partial charge in [-0.15, -0.1) is 0 Å². The Morgan fingerprint density at radius 2 is 1.81 bits per heavy atom. The van der Waals surface area contributed by atoms with Crippen LogP contribution in [0.25, 0.3) is 22.3 Å². The van der Waals surface area contributed by atoms with Gasteiger partial charge in [-0.25, -0.2) is 4.98 Å². The zero-order valence-corrected chi connectivity index (χ0v) is 14.8. The van der Waals surface area contributed by atoms with Gasteiger partial charge in [-0.3, -0.25) is 14.8 Å². The topological polar surface area (TPSA) is 67.8 Å². The lowest BCUT2D eigenvalue weighted by Crippen LogP contribution is -2.27. The maximum atomic E-state index is 13.0. The first-order chi connectivity index (χ1) is 13.2. The molecule has 1 aromatic carbocycles. The first-order valence-electron chi connectivity index (χ1n) is 8.74. The van der Waals surface area contributed by atoms with Crippen molar-refractivity contribution in [2.24, 2.45) is 0 Å². The first-order valence-corrected chi connectivity index (χ1v) is 8.74. The lowest BCUT2D eigenvalue weighted by Gasteiger charge is -2.15. The molecule has 5 heteroatoms. The molecule has 4 aromatic rings. The van der Waals surface area contributed by atoms with Crippen LogP contribution in [0.4, 0.5) is 0 Å². The molecule has 0 spiro atoms. The van der Waals surface area contributed by atoms with Crippen LogP contribution in [-0.2, 0) is 0 Å². The van der Waals surface area contributed by atoms with Gasteiger partial charge in [0.15, 0.2) is 0 Å². The van der Waals surface area contributed by atoms with Crippen molar-refractivity contribution < 1.29 is 4.79 Å². The van der Waals surface area contributed by atoms with Crippen LogP contribution in [0.3, 0.4) is 0 Å². The van der Waals surface area contributed by atoms with E-state index in [0.29, 0.717) is 11.3 Å². The molecule has 0 saturated heterocycles. The van der Waals surface area contributed by atoms with Crippen molar-refractivity contribution in [3.05, 3.63) is 90.4 Å². The molecule has 1 unspecified atom stereocenters. The number of para-hydroxylation sites is 1. The van der Waals surface area contributed by atoms with E-state index in [1.54, 1.807) is 24.7 Å². The van der Waals surface area contributed by atoms with Gasteiger partial charge in [0.25, 0.3) is 5.91 Å². The van der Waals surface area contributed by atoms with E-state index in [1.807, 2.05) is 61.5 Å². The Hall–Kier alpha value is -3.60. The summed E-state index contributed by atoms with van der Waals surface area (Å²) in [5, 5.41) is 3.87. The summed E-state index contributed by atoms with van der Waals surface area (Å²) in [5.74, 6) is -0.151. The highest BCUT2D eigenvalue weighted by molar-refractivity contribution is 6.07. The van der Waals surface area contributed by atoms with Crippen molar-refractivity contribution in [2.45, 2.75) is 13.0 Å². The Bertz CT molecular complexity index is 1080. The lowest BCUT2D eigenvalue weighted by atomic mass is 10.0. The van der Waals surface area contributed by atoms with E-state index >= 15 is 0 Å². The molecule has 3 aromatic heterocycles. The summed E-state index contributed by atoms with van der Waals surface area (Å²) in [6.07, 6.45) is 5.19. The molecule has 0 aliphatic carbocycles. The Balaban J connectivity index is 1.74. The van der Waals surface area contributed by atoms with Crippen LogP contribution in [0.2, 0.25) is 0 Å². The second-order valence-corrected chi connectivity index (χ2v) is 6.27. The van der Waals surface area contributed by atoms with E-state index in [1.165, 1.54) is 0 Å². The van der Waals surface area contributed by atoms with E-state index in [-0.39, 0.29) is 11.9 Å². The highest BCUT2D eigenvalue weighted by Gasteiger charge is 2.17. The molecule has 132 valence electrons. The third kappa shape index (κ3) is 3.53. The summed E-state index contributed by atoms with van der Waals surface area (Å²) in [7, 11) is 0. The molecular formula is C22H18N4O. The van der Waals surface area contributed by atoms with Crippen LogP contribution in [0.15, 0.2) is 79.3 Å². The zero-order valence-electron chi connectivity index (χ0n) is 14.8. The van der Waals surface area contributed by atoms with Crippen molar-refractivity contribution in [2.75, 3.05) is 0 Å². The van der Waals surface area contributed by atoms with Crippen LogP contribution >= 0.6 is 0 Å². The SMILES string of the molecule is CC(NC(=O)c1cc(-c2ccccn2)nc2ccccc12)c1cccnc1. The highest BCUT2D eigenvalue weighted by Crippen LogP contribution is 2.24. The molecule has 4 rings (SSSR count). The number of fused-ring (bicyclic) bond motifs is 1. The van der Waals surface area contributed by atoms with Crippen molar-refractivity contribution >= 4 is 16.8 Å². The van der Waals surface area contributed by atoms with Crippen molar-refractivity contribution in [3.63, 3.8) is 0 Å². The van der Waals surface area contributed by atoms with Gasteiger partial charge in [0.2, 0.25) is 0 Å². The average molecular weight is 354 g/mol. The van der Waals surface area contributed by atoms with Crippen LogP contribution < -0.4 is 5.32 Å². The lowest BCUT2D eigenvalue weighted by molar-refractivity contribution is 0.0941. The van der Waals surface area contributed by atoms with Gasteiger partial charge in [0, 0.05) is 24.0 Å². The summed E-state index contributed by atoms with van der Waals surface area (Å²) in [4.78, 5) is 26.2. The van der Waals surface area contributed by atoms with Crippen LogP contribution in [0, 0.1) is 0 Å². The Morgan fingerprint density at radius 3 is 2.59 bits per heavy atom. The molecular weight excluding hydrogens is 336 g/mol. The maximum Gasteiger partial charge on any atom is 0.252 e. The van der Waals surface area contributed by atoms with Gasteiger partial charge >= 0.3 is 0 Å². The van der Waals surface area contributed by atoms with E-state index in [4.69, 9.17) is 0 Å². The number of carbonyl (C=O) groups is 1. The Labute approximate surface area is 157 Å². The number of nitrogens with zero attached hydrogens (tertiary/aromatic N) is 3. The molecule has 0 aliphatic rings. The number of hydrogen-bond donors (Lipinski definition) is 1. The number of rotatable bonds is 4. The third-order valence-electron chi connectivity index (χ3n) is 4.42. The monoisotopic (exact) mass is 354 g/mol. The molecule has 0 saturated carbocycles. The van der Waals surface area contributed by atoms with Gasteiger partial charge in [-0.05, 0) is 42.8 Å². The molecule has 0 bridgehead atoms. The maximum absolute atomic E-state index is 13.0. The minimum atomic E-state index is -0.156. The zero-order chi connectivity index (χ0) is 18.6. The number of benzene rings is 1. The smallest absolute Gasteiger partial charge is 0.252 e. The van der Waals surface area contributed by atoms with Gasteiger partial charge in [-0.1, -0.05) is 30.3 Å². The van der Waals surface area contributed by atoms with Crippen LogP contribution in [0.5, 0.6) is 0 Å². The van der Waals surface area contributed by atoms with Crippen molar-refractivity contribution in [1.82, 2.24) is 20.3 Å². The summed E-state index contributed by atoms with van der Waals surface area (Å²) in [6.45, 7) is 1.94. The minimum absolute atomic E-state index is 0.151. The van der Waals surface area contributed by atoms with E-state index in [0.717, 1.165) is 22.2 Å². The molecule has 1 N–H and O–H groups in total. The van der Waals surface area contributed by atoms with Gasteiger partial charge in [-0.2, -0.15) is 0 Å². The highest BCUT2D eigenvalue weighted by atomic mass is 16.1. The van der Waals surface area contributed by atoms with Crippen LogP contribution in [0.1, 0.15) is 28.9 Å². The molecule has 0 aliphatic heterocycles. The average Bonchev–Trinajstić information content (AvgIpc) is 2.74. The summed E-state index contributed by atoms with van der Waals surface area (Å²) in [6, 6.07) is 18.7. The predicted octanol–water partition coefficient (Wildman–Crippen LogP) is 4.18. The fraction of sp³-hybridized carbons (Fsp3) is 0.0909. The van der Waals surface area contributed by atoms with E-state index in [2.05, 4.69) is 20.3 Å². The summed E-state index contributed by atoms with van der Waals surface area (Å²) >= 11 is 0. The molecule has 1 atom stereocenters. The fourth-order valence-electron chi connectivity index (χ4n) is 3.00. The predicted molar refractivity (Wildman–Crippen MR) is 105 cm³/mol. The Kier molecular flexibility index (Phi) is 4.58. The van der Waals surface area contributed by atoms with Gasteiger partial charge in [0.05, 0.1) is 28.5 Å². The number of pyridine rings is 3. The molecule has 5 nitrogen and oxygen atoms in total. The number of hydrogen-bond acceptors (Lipinski definition) is 4. The molecule has 0 fully saturated rings. The van der Waals surface area contributed by atoms with E-state index < -0.39 is 0 Å². The van der Waals surface area contributed by atoms with E-state index in [9.17, 15) is 4.79 Å². The second-order valence-electron chi connectivity index (χ2n) is 6.27. The first kappa shape index (κ1) is 16.8. The van der Waals surface area contributed by atoms with Gasteiger partial charge < -0.3 is 5.32 Å². The minimum Gasteiger partial charge on any atom is -0.345 e. The summed E-state index contributed by atoms with van der Waals surface area (Å²) in [5.41, 5.74) is 3.71. The van der Waals surface area contributed by atoms with Crippen molar-refractivity contribution in [3.8, 4) is 11.4 Å². The molecule has 0 radical (unpaired) electrons. The molecule has 27 heavy (non-hydrogen) atoms. The molecule has 1 amide bonds. The standard InChI is InChI=1S/C22H18N4O/c1-15(16-7-6-11-23-14-16)25-22(27)18-13-21(20-10-4-5-12-24-20)26-19-9-3-2-8-17(18)19/h2-15H,1H3,(H,25,27). The normalized spacial score (nSPS) is 11.9. The Morgan fingerprint density at radius 1 is 0.963 bits per heavy atom. The van der Waals surface area contributed by atoms with Gasteiger partial charge in [0.1, 0.15) is 0 Å². The quantitative estimate of drug-likeness (QED) is 0.597. The fourth-order valence-corrected chi connectivity index (χ4v) is 3.00. The second kappa shape index (κ2) is 7.33. The largest absolute Gasteiger partial charge is 0.345 e. The van der Waals surface area contributed by atoms with Crippen molar-refractivity contribution in [1.29, 1.82) is 0 Å².